The molecule has 1 unspecified atom stereocenters. The van der Waals surface area contributed by atoms with Crippen LogP contribution in [0.1, 0.15) is 84.1 Å². The van der Waals surface area contributed by atoms with Gasteiger partial charge in [-0.2, -0.15) is 0 Å². The van der Waals surface area contributed by atoms with Gasteiger partial charge in [-0.1, -0.05) is 43.7 Å². The Morgan fingerprint density at radius 1 is 1.09 bits per heavy atom. The van der Waals surface area contributed by atoms with Crippen molar-refractivity contribution in [3.8, 4) is 0 Å². The number of hydrogen-bond acceptors (Lipinski definition) is 3. The summed E-state index contributed by atoms with van der Waals surface area (Å²) in [5.74, 6) is 2.09. The number of ether oxygens (including phenoxy) is 1. The van der Waals surface area contributed by atoms with Gasteiger partial charge in [-0.05, 0) is 93.4 Å². The number of piperidine rings is 2. The van der Waals surface area contributed by atoms with Crippen LogP contribution < -0.4 is 0 Å². The van der Waals surface area contributed by atoms with Crippen molar-refractivity contribution in [1.29, 1.82) is 0 Å². The van der Waals surface area contributed by atoms with E-state index in [-0.39, 0.29) is 0 Å². The quantitative estimate of drug-likeness (QED) is 0.547. The summed E-state index contributed by atoms with van der Waals surface area (Å²) in [7, 11) is 0. The highest BCUT2D eigenvalue weighted by molar-refractivity contribution is 5.31. The van der Waals surface area contributed by atoms with E-state index < -0.39 is 5.60 Å². The maximum absolute atomic E-state index is 11.3. The molecule has 176 valence electrons. The smallest absolute Gasteiger partial charge is 0.0716 e. The highest BCUT2D eigenvalue weighted by atomic mass is 16.5. The summed E-state index contributed by atoms with van der Waals surface area (Å²) in [4.78, 5) is 3.02. The molecule has 0 radical (unpaired) electrons. The topological polar surface area (TPSA) is 32.7 Å². The summed E-state index contributed by atoms with van der Waals surface area (Å²) in [6.07, 6.45) is 12.0. The van der Waals surface area contributed by atoms with Crippen molar-refractivity contribution in [2.45, 2.75) is 102 Å². The molecule has 1 spiro atoms. The van der Waals surface area contributed by atoms with E-state index in [1.807, 2.05) is 0 Å². The number of nitrogens with zero attached hydrogens (tertiary/aromatic N) is 1. The van der Waals surface area contributed by atoms with Gasteiger partial charge in [-0.15, -0.1) is 0 Å². The normalized spacial score (nSPS) is 46.4. The lowest BCUT2D eigenvalue weighted by molar-refractivity contribution is -0.203. The molecule has 2 saturated carbocycles. The van der Waals surface area contributed by atoms with Crippen molar-refractivity contribution in [3.63, 3.8) is 0 Å². The van der Waals surface area contributed by atoms with Crippen LogP contribution in [-0.4, -0.2) is 40.3 Å². The molecule has 1 aromatic carbocycles. The second-order valence-electron chi connectivity index (χ2n) is 12.8. The van der Waals surface area contributed by atoms with Gasteiger partial charge in [0, 0.05) is 30.7 Å². The van der Waals surface area contributed by atoms with Gasteiger partial charge in [0.1, 0.15) is 0 Å². The van der Waals surface area contributed by atoms with Gasteiger partial charge in [0.25, 0.3) is 0 Å². The minimum Gasteiger partial charge on any atom is -0.390 e. The molecule has 1 N–H and O–H groups in total. The molecule has 0 amide bonds. The third-order valence-electron chi connectivity index (χ3n) is 11.4. The van der Waals surface area contributed by atoms with Crippen molar-refractivity contribution in [2.75, 3.05) is 13.2 Å². The molecule has 5 bridgehead atoms. The van der Waals surface area contributed by atoms with Crippen LogP contribution in [0.5, 0.6) is 0 Å². The van der Waals surface area contributed by atoms with Crippen molar-refractivity contribution < 1.29 is 9.84 Å². The molecule has 3 nitrogen and oxygen atoms in total. The minimum absolute atomic E-state index is 0.363. The van der Waals surface area contributed by atoms with E-state index in [4.69, 9.17) is 4.74 Å². The van der Waals surface area contributed by atoms with Gasteiger partial charge in [0.15, 0.2) is 0 Å². The molecule has 2 aliphatic carbocycles. The maximum atomic E-state index is 11.3. The first kappa shape index (κ1) is 21.6. The van der Waals surface area contributed by atoms with Gasteiger partial charge in [0.05, 0.1) is 12.2 Å². The zero-order valence-corrected chi connectivity index (χ0v) is 20.5. The minimum atomic E-state index is -0.592. The zero-order valence-electron chi connectivity index (χ0n) is 20.5. The van der Waals surface area contributed by atoms with Gasteiger partial charge < -0.3 is 9.84 Å². The average Bonchev–Trinajstić information content (AvgIpc) is 3.23. The lowest BCUT2D eigenvalue weighted by atomic mass is 9.42. The Morgan fingerprint density at radius 2 is 1.91 bits per heavy atom. The van der Waals surface area contributed by atoms with Gasteiger partial charge >= 0.3 is 0 Å². The molecule has 5 aliphatic rings. The standard InChI is InChI=1S/C29H43NO2/c1-26(2,31)23-13-16-27(3)22-12-17-28-14-7-11-24(28)29(27,25(23)30(28)19-22)15-8-18-32-20-21-9-5-4-6-10-21/h4-6,9-10,22-25,31H,7-8,11-20H2,1-3H3/t22-,23+,24-,25+,27+,28-,29+/m1/s1. The second kappa shape index (κ2) is 7.30. The average molecular weight is 438 g/mol. The molecule has 5 fully saturated rings. The summed E-state index contributed by atoms with van der Waals surface area (Å²) in [5, 5.41) is 11.3. The maximum Gasteiger partial charge on any atom is 0.0716 e. The van der Waals surface area contributed by atoms with Crippen molar-refractivity contribution >= 4 is 0 Å². The molecule has 3 heterocycles. The first-order valence-corrected chi connectivity index (χ1v) is 13.4. The summed E-state index contributed by atoms with van der Waals surface area (Å²) in [5.41, 5.74) is 1.92. The van der Waals surface area contributed by atoms with Crippen molar-refractivity contribution in [1.82, 2.24) is 4.90 Å². The highest BCUT2D eigenvalue weighted by Gasteiger charge is 2.80. The van der Waals surface area contributed by atoms with E-state index in [0.29, 0.717) is 28.3 Å². The Morgan fingerprint density at radius 3 is 2.69 bits per heavy atom. The third kappa shape index (κ3) is 2.71. The molecule has 1 aromatic rings. The van der Waals surface area contributed by atoms with Crippen LogP contribution in [-0.2, 0) is 11.3 Å². The second-order valence-corrected chi connectivity index (χ2v) is 12.8. The number of benzene rings is 1. The molecular weight excluding hydrogens is 394 g/mol. The molecule has 3 saturated heterocycles. The van der Waals surface area contributed by atoms with Crippen LogP contribution in [0.4, 0.5) is 0 Å². The fraction of sp³-hybridized carbons (Fsp3) is 0.793. The number of aliphatic hydroxyl groups is 1. The SMILES string of the molecule is CC(C)(O)[C@H]1CC[C@@]2(C)[C@@H]3CC[C@]45CCC[C@H]4[C@@]2(CCCOCc2ccccc2)[C@H]1N5C3. The van der Waals surface area contributed by atoms with Crippen LogP contribution in [0, 0.1) is 28.6 Å². The third-order valence-corrected chi connectivity index (χ3v) is 11.4. The van der Waals surface area contributed by atoms with E-state index in [0.717, 1.165) is 31.5 Å². The van der Waals surface area contributed by atoms with Crippen molar-refractivity contribution in [2.24, 2.45) is 28.6 Å². The molecule has 3 heteroatoms. The van der Waals surface area contributed by atoms with Crippen LogP contribution in [0.15, 0.2) is 30.3 Å². The molecule has 3 aliphatic heterocycles. The van der Waals surface area contributed by atoms with Crippen LogP contribution >= 0.6 is 0 Å². The largest absolute Gasteiger partial charge is 0.390 e. The lowest BCUT2D eigenvalue weighted by Crippen LogP contribution is -2.70. The highest BCUT2D eigenvalue weighted by Crippen LogP contribution is 2.79. The fourth-order valence-electron chi connectivity index (χ4n) is 10.2. The predicted molar refractivity (Wildman–Crippen MR) is 128 cm³/mol. The van der Waals surface area contributed by atoms with E-state index in [9.17, 15) is 5.11 Å². The number of rotatable bonds is 7. The van der Waals surface area contributed by atoms with Crippen LogP contribution in [0.2, 0.25) is 0 Å². The molecule has 6 rings (SSSR count). The lowest BCUT2D eigenvalue weighted by Gasteiger charge is -2.67. The Kier molecular flexibility index (Phi) is 4.93. The van der Waals surface area contributed by atoms with Crippen LogP contribution in [0.25, 0.3) is 0 Å². The molecular formula is C29H43NO2. The monoisotopic (exact) mass is 437 g/mol. The predicted octanol–water partition coefficient (Wildman–Crippen LogP) is 5.80. The number of hydrogen-bond donors (Lipinski definition) is 1. The Balaban J connectivity index is 1.30. The molecule has 8 atom stereocenters. The first-order valence-electron chi connectivity index (χ1n) is 13.4. The van der Waals surface area contributed by atoms with Gasteiger partial charge in [-0.25, -0.2) is 0 Å². The molecule has 32 heavy (non-hydrogen) atoms. The van der Waals surface area contributed by atoms with E-state index in [1.54, 1.807) is 0 Å². The Bertz CT molecular complexity index is 848. The first-order chi connectivity index (χ1) is 15.3. The van der Waals surface area contributed by atoms with Gasteiger partial charge in [-0.3, -0.25) is 4.90 Å². The summed E-state index contributed by atoms with van der Waals surface area (Å²) >= 11 is 0. The Labute approximate surface area is 194 Å². The van der Waals surface area contributed by atoms with Gasteiger partial charge in [0.2, 0.25) is 0 Å². The fourth-order valence-corrected chi connectivity index (χ4v) is 10.2. The van der Waals surface area contributed by atoms with Crippen LogP contribution in [0.3, 0.4) is 0 Å². The van der Waals surface area contributed by atoms with E-state index in [2.05, 4.69) is 56.0 Å². The van der Waals surface area contributed by atoms with E-state index in [1.165, 1.54) is 63.5 Å². The van der Waals surface area contributed by atoms with E-state index >= 15 is 0 Å². The summed E-state index contributed by atoms with van der Waals surface area (Å²) in [6, 6.07) is 11.2. The van der Waals surface area contributed by atoms with Crippen molar-refractivity contribution in [3.05, 3.63) is 35.9 Å². The molecule has 0 aromatic heterocycles. The Hall–Kier alpha value is -0.900. The zero-order chi connectivity index (χ0) is 22.2. The summed E-state index contributed by atoms with van der Waals surface area (Å²) in [6.45, 7) is 9.76. The summed E-state index contributed by atoms with van der Waals surface area (Å²) < 4.78 is 6.18. The number of fused-ring (bicyclic) bond motifs is 2.